The van der Waals surface area contributed by atoms with E-state index in [4.69, 9.17) is 0 Å². The third-order valence-corrected chi connectivity index (χ3v) is 5.13. The van der Waals surface area contributed by atoms with Gasteiger partial charge >= 0.3 is 7.60 Å². The fraction of sp³-hybridized carbons (Fsp3) is 0.385. The van der Waals surface area contributed by atoms with Gasteiger partial charge in [0.2, 0.25) is 0 Å². The molecule has 0 radical (unpaired) electrons. The number of allylic oxidation sites excluding steroid dienone is 1. The Hall–Kier alpha value is -0.890. The summed E-state index contributed by atoms with van der Waals surface area (Å²) < 4.78 is 11.6. The van der Waals surface area contributed by atoms with Gasteiger partial charge < -0.3 is 9.79 Å². The first-order chi connectivity index (χ1) is 7.95. The average Bonchev–Trinajstić information content (AvgIpc) is 2.30. The highest BCUT2D eigenvalue weighted by Crippen LogP contribution is 2.55. The summed E-state index contributed by atoms with van der Waals surface area (Å²) in [6, 6.07) is 9.53. The van der Waals surface area contributed by atoms with E-state index in [1.54, 1.807) is 26.0 Å². The van der Waals surface area contributed by atoms with E-state index >= 15 is 0 Å². The lowest BCUT2D eigenvalue weighted by molar-refractivity contribution is 0.334. The normalized spacial score (nSPS) is 13.2. The summed E-state index contributed by atoms with van der Waals surface area (Å²) in [5.74, 6) is 0. The lowest BCUT2D eigenvalue weighted by atomic mass is 10.0. The van der Waals surface area contributed by atoms with Crippen LogP contribution in [0.15, 0.2) is 36.4 Å². The van der Waals surface area contributed by atoms with E-state index in [0.717, 1.165) is 5.56 Å². The van der Waals surface area contributed by atoms with Gasteiger partial charge in [-0.25, -0.2) is 0 Å². The Morgan fingerprint density at radius 2 is 1.71 bits per heavy atom. The molecule has 1 aromatic carbocycles. The van der Waals surface area contributed by atoms with E-state index in [1.165, 1.54) is 0 Å². The molecule has 0 saturated heterocycles. The van der Waals surface area contributed by atoms with Crippen LogP contribution in [-0.4, -0.2) is 14.9 Å². The van der Waals surface area contributed by atoms with Crippen LogP contribution in [-0.2, 0) is 4.57 Å². The van der Waals surface area contributed by atoms with Gasteiger partial charge in [0.25, 0.3) is 0 Å². The Balaban J connectivity index is 3.04. The number of rotatable bonds is 5. The van der Waals surface area contributed by atoms with Crippen molar-refractivity contribution in [3.8, 4) is 0 Å². The van der Waals surface area contributed by atoms with Crippen molar-refractivity contribution in [2.75, 3.05) is 0 Å². The smallest absolute Gasteiger partial charge is 0.324 e. The molecular formula is C13H19O3P. The molecule has 4 heteroatoms. The maximum absolute atomic E-state index is 11.6. The van der Waals surface area contributed by atoms with Crippen molar-refractivity contribution in [3.05, 3.63) is 42.0 Å². The molecule has 2 N–H and O–H groups in total. The largest absolute Gasteiger partial charge is 0.335 e. The van der Waals surface area contributed by atoms with E-state index in [1.807, 2.05) is 30.3 Å². The number of hydrogen-bond donors (Lipinski definition) is 2. The topological polar surface area (TPSA) is 57.5 Å². The maximum atomic E-state index is 11.6. The third-order valence-electron chi connectivity index (χ3n) is 3.19. The minimum absolute atomic E-state index is 0.428. The minimum atomic E-state index is -4.13. The Labute approximate surface area is 102 Å². The van der Waals surface area contributed by atoms with Gasteiger partial charge in [0.15, 0.2) is 0 Å². The molecular weight excluding hydrogens is 235 g/mol. The molecule has 0 aromatic heterocycles. The summed E-state index contributed by atoms with van der Waals surface area (Å²) >= 11 is 0. The van der Waals surface area contributed by atoms with Gasteiger partial charge in [-0.05, 0) is 18.4 Å². The summed E-state index contributed by atoms with van der Waals surface area (Å²) in [6.45, 7) is 3.61. The number of benzene rings is 1. The molecule has 0 fully saturated rings. The lowest BCUT2D eigenvalue weighted by Crippen LogP contribution is -2.24. The zero-order valence-electron chi connectivity index (χ0n) is 10.2. The third kappa shape index (κ3) is 3.29. The second kappa shape index (κ2) is 5.63. The molecule has 0 aliphatic carbocycles. The summed E-state index contributed by atoms with van der Waals surface area (Å²) in [6.07, 6.45) is 4.30. The first kappa shape index (κ1) is 14.2. The van der Waals surface area contributed by atoms with E-state index in [0.29, 0.717) is 12.8 Å². The molecule has 0 aliphatic rings. The van der Waals surface area contributed by atoms with Crippen LogP contribution in [0.3, 0.4) is 0 Å². The molecule has 0 heterocycles. The van der Waals surface area contributed by atoms with Gasteiger partial charge in [0.1, 0.15) is 0 Å². The molecule has 17 heavy (non-hydrogen) atoms. The fourth-order valence-electron chi connectivity index (χ4n) is 1.81. The van der Waals surface area contributed by atoms with Crippen molar-refractivity contribution in [2.24, 2.45) is 0 Å². The summed E-state index contributed by atoms with van der Waals surface area (Å²) in [4.78, 5) is 18.9. The summed E-state index contributed by atoms with van der Waals surface area (Å²) in [7, 11) is -4.13. The van der Waals surface area contributed by atoms with Gasteiger partial charge in [-0.1, -0.05) is 56.3 Å². The van der Waals surface area contributed by atoms with Crippen LogP contribution < -0.4 is 0 Å². The quantitative estimate of drug-likeness (QED) is 0.791. The second-order valence-corrected chi connectivity index (χ2v) is 6.08. The zero-order valence-corrected chi connectivity index (χ0v) is 11.1. The van der Waals surface area contributed by atoms with Gasteiger partial charge in [-0.3, -0.25) is 4.57 Å². The van der Waals surface area contributed by atoms with E-state index in [2.05, 4.69) is 0 Å². The molecule has 3 nitrogen and oxygen atoms in total. The van der Waals surface area contributed by atoms with Crippen molar-refractivity contribution in [3.63, 3.8) is 0 Å². The summed E-state index contributed by atoms with van der Waals surface area (Å²) in [5, 5.41) is -1.04. The lowest BCUT2D eigenvalue weighted by Gasteiger charge is -2.28. The van der Waals surface area contributed by atoms with E-state index < -0.39 is 12.8 Å². The maximum Gasteiger partial charge on any atom is 0.335 e. The number of hydrogen-bond acceptors (Lipinski definition) is 1. The molecule has 0 atom stereocenters. The Kier molecular flexibility index (Phi) is 4.70. The van der Waals surface area contributed by atoms with Crippen LogP contribution in [0, 0.1) is 0 Å². The fourth-order valence-corrected chi connectivity index (χ4v) is 2.90. The Morgan fingerprint density at radius 1 is 1.18 bits per heavy atom. The highest BCUT2D eigenvalue weighted by Gasteiger charge is 2.41. The van der Waals surface area contributed by atoms with Crippen LogP contribution in [0.25, 0.3) is 6.08 Å². The van der Waals surface area contributed by atoms with Crippen molar-refractivity contribution in [1.82, 2.24) is 0 Å². The van der Waals surface area contributed by atoms with Gasteiger partial charge in [0.05, 0.1) is 5.16 Å². The standard InChI is InChI=1S/C13H19O3P/c1-3-13(4-2,17(14,15)16)11-10-12-8-6-5-7-9-12/h5-11H,3-4H2,1-2H3,(H2,14,15,16)/b11-10+. The monoisotopic (exact) mass is 254 g/mol. The molecule has 0 spiro atoms. The van der Waals surface area contributed by atoms with Crippen molar-refractivity contribution in [1.29, 1.82) is 0 Å². The van der Waals surface area contributed by atoms with Crippen molar-refractivity contribution in [2.45, 2.75) is 31.8 Å². The highest BCUT2D eigenvalue weighted by molar-refractivity contribution is 7.53. The molecule has 0 bridgehead atoms. The van der Waals surface area contributed by atoms with Gasteiger partial charge in [-0.2, -0.15) is 0 Å². The van der Waals surface area contributed by atoms with E-state index in [-0.39, 0.29) is 0 Å². The summed E-state index contributed by atoms with van der Waals surface area (Å²) in [5.41, 5.74) is 0.951. The molecule has 1 rings (SSSR count). The molecule has 0 saturated carbocycles. The van der Waals surface area contributed by atoms with Crippen LogP contribution in [0.4, 0.5) is 0 Å². The second-order valence-electron chi connectivity index (χ2n) is 4.10. The van der Waals surface area contributed by atoms with Crippen LogP contribution >= 0.6 is 7.60 Å². The van der Waals surface area contributed by atoms with Crippen LogP contribution in [0.1, 0.15) is 32.3 Å². The first-order valence-corrected chi connectivity index (χ1v) is 7.36. The molecule has 0 amide bonds. The molecule has 0 unspecified atom stereocenters. The van der Waals surface area contributed by atoms with Crippen LogP contribution in [0.5, 0.6) is 0 Å². The highest BCUT2D eigenvalue weighted by atomic mass is 31.2. The van der Waals surface area contributed by atoms with Crippen LogP contribution in [0.2, 0.25) is 0 Å². The SMILES string of the molecule is CCC(/C=C/c1ccccc1)(CC)P(=O)(O)O. The predicted octanol–water partition coefficient (Wildman–Crippen LogP) is 3.44. The molecule has 94 valence electrons. The Bertz CT molecular complexity index is 416. The Morgan fingerprint density at radius 3 is 2.12 bits per heavy atom. The predicted molar refractivity (Wildman–Crippen MR) is 70.8 cm³/mol. The van der Waals surface area contributed by atoms with E-state index in [9.17, 15) is 14.4 Å². The zero-order chi connectivity index (χ0) is 12.9. The van der Waals surface area contributed by atoms with Crippen molar-refractivity contribution < 1.29 is 14.4 Å². The first-order valence-electron chi connectivity index (χ1n) is 5.75. The van der Waals surface area contributed by atoms with Crippen molar-refractivity contribution >= 4 is 13.7 Å². The minimum Gasteiger partial charge on any atom is -0.324 e. The molecule has 0 aliphatic heterocycles. The average molecular weight is 254 g/mol. The van der Waals surface area contributed by atoms with Gasteiger partial charge in [-0.15, -0.1) is 0 Å². The van der Waals surface area contributed by atoms with Gasteiger partial charge in [0, 0.05) is 0 Å². The molecule has 1 aromatic rings.